The number of carbonyl (C=O) groups excluding carboxylic acids is 1. The minimum absolute atomic E-state index is 0.142. The molecule has 22 heavy (non-hydrogen) atoms. The number of thioether (sulfide) groups is 1. The normalized spacial score (nSPS) is 15.0. The minimum atomic E-state index is -0.559. The zero-order chi connectivity index (χ0) is 15.7. The van der Waals surface area contributed by atoms with Gasteiger partial charge in [-0.2, -0.15) is 0 Å². The van der Waals surface area contributed by atoms with Crippen LogP contribution in [0.5, 0.6) is 0 Å². The van der Waals surface area contributed by atoms with Gasteiger partial charge in [0, 0.05) is 0 Å². The molecule has 1 heterocycles. The van der Waals surface area contributed by atoms with E-state index in [1.165, 1.54) is 29.2 Å². The molecule has 6 heteroatoms. The summed E-state index contributed by atoms with van der Waals surface area (Å²) in [6.45, 7) is 0. The molecule has 1 amide bonds. The first-order valence-electron chi connectivity index (χ1n) is 6.60. The van der Waals surface area contributed by atoms with Gasteiger partial charge in [-0.05, 0) is 35.4 Å². The smallest absolute Gasteiger partial charge is 0.239 e. The van der Waals surface area contributed by atoms with Gasteiger partial charge in [0.05, 0.1) is 11.8 Å². The minimum Gasteiger partial charge on any atom is -0.279 e. The fraction of sp³-hybridized carbons (Fsp3) is 0.125. The topological polar surface area (TPSA) is 44.2 Å². The molecule has 2 aromatic carbocycles. The summed E-state index contributed by atoms with van der Waals surface area (Å²) in [5, 5.41) is 8.11. The molecule has 0 bridgehead atoms. The van der Waals surface area contributed by atoms with Gasteiger partial charge in [0.15, 0.2) is 5.17 Å². The van der Waals surface area contributed by atoms with Crippen LogP contribution in [0.2, 0.25) is 0 Å². The maximum absolute atomic E-state index is 13.2. The summed E-state index contributed by atoms with van der Waals surface area (Å²) in [5.74, 6) is -0.733. The largest absolute Gasteiger partial charge is 0.279 e. The van der Waals surface area contributed by atoms with E-state index in [1.54, 1.807) is 24.3 Å². The second-order valence-electron chi connectivity index (χ2n) is 4.86. The van der Waals surface area contributed by atoms with Crippen molar-refractivity contribution in [1.82, 2.24) is 4.90 Å². The highest BCUT2D eigenvalue weighted by atomic mass is 32.2. The Kier molecular flexibility index (Phi) is 3.94. The molecule has 1 saturated heterocycles. The Hall–Kier alpha value is -2.21. The molecule has 1 aliphatic heterocycles. The highest BCUT2D eigenvalue weighted by molar-refractivity contribution is 8.14. The predicted molar refractivity (Wildman–Crippen MR) is 81.7 cm³/mol. The predicted octanol–water partition coefficient (Wildman–Crippen LogP) is 3.56. The lowest BCUT2D eigenvalue weighted by molar-refractivity contribution is -0.125. The Morgan fingerprint density at radius 2 is 1.41 bits per heavy atom. The van der Waals surface area contributed by atoms with Crippen LogP contribution in [-0.2, 0) is 4.79 Å². The van der Waals surface area contributed by atoms with Crippen molar-refractivity contribution in [3.05, 3.63) is 71.3 Å². The number of rotatable bonds is 3. The number of halogens is 2. The molecule has 1 fully saturated rings. The maximum Gasteiger partial charge on any atom is 0.239 e. The number of benzene rings is 2. The molecule has 0 atom stereocenters. The van der Waals surface area contributed by atoms with Gasteiger partial charge in [-0.25, -0.2) is 8.78 Å². The second-order valence-corrected chi connectivity index (χ2v) is 5.83. The summed E-state index contributed by atoms with van der Waals surface area (Å²) < 4.78 is 26.3. The van der Waals surface area contributed by atoms with Crippen molar-refractivity contribution in [2.24, 2.45) is 0 Å². The van der Waals surface area contributed by atoms with Crippen molar-refractivity contribution in [3.8, 4) is 0 Å². The quantitative estimate of drug-likeness (QED) is 0.940. The summed E-state index contributed by atoms with van der Waals surface area (Å²) >= 11 is 1.15. The van der Waals surface area contributed by atoms with Crippen LogP contribution in [0.4, 0.5) is 8.78 Å². The molecular formula is C16H12F2N2OS. The Labute approximate surface area is 130 Å². The molecule has 0 saturated carbocycles. The number of amidine groups is 1. The highest BCUT2D eigenvalue weighted by Gasteiger charge is 2.35. The van der Waals surface area contributed by atoms with Crippen LogP contribution in [0.25, 0.3) is 0 Å². The Morgan fingerprint density at radius 3 is 1.77 bits per heavy atom. The third kappa shape index (κ3) is 2.74. The summed E-state index contributed by atoms with van der Waals surface area (Å²) in [6, 6.07) is 11.0. The molecule has 0 aromatic heterocycles. The number of hydrogen-bond acceptors (Lipinski definition) is 3. The zero-order valence-corrected chi connectivity index (χ0v) is 12.2. The lowest BCUT2D eigenvalue weighted by Gasteiger charge is -2.28. The third-order valence-corrected chi connectivity index (χ3v) is 4.31. The van der Waals surface area contributed by atoms with E-state index in [0.717, 1.165) is 11.8 Å². The maximum atomic E-state index is 13.2. The van der Waals surface area contributed by atoms with Gasteiger partial charge >= 0.3 is 0 Å². The van der Waals surface area contributed by atoms with Crippen molar-refractivity contribution < 1.29 is 13.6 Å². The van der Waals surface area contributed by atoms with Crippen LogP contribution in [0.3, 0.4) is 0 Å². The number of nitrogens with zero attached hydrogens (tertiary/aromatic N) is 1. The molecule has 1 aliphatic rings. The van der Waals surface area contributed by atoms with E-state index in [1.807, 2.05) is 0 Å². The van der Waals surface area contributed by atoms with Crippen molar-refractivity contribution in [3.63, 3.8) is 0 Å². The molecule has 3 rings (SSSR count). The van der Waals surface area contributed by atoms with Crippen LogP contribution in [0.15, 0.2) is 48.5 Å². The van der Waals surface area contributed by atoms with Crippen molar-refractivity contribution in [1.29, 1.82) is 5.41 Å². The molecule has 112 valence electrons. The van der Waals surface area contributed by atoms with Crippen molar-refractivity contribution >= 4 is 22.8 Å². The van der Waals surface area contributed by atoms with Gasteiger partial charge in [0.25, 0.3) is 0 Å². The average molecular weight is 318 g/mol. The van der Waals surface area contributed by atoms with Crippen LogP contribution in [0.1, 0.15) is 17.2 Å². The van der Waals surface area contributed by atoms with E-state index in [2.05, 4.69) is 0 Å². The molecule has 0 spiro atoms. The van der Waals surface area contributed by atoms with E-state index in [9.17, 15) is 13.6 Å². The van der Waals surface area contributed by atoms with E-state index in [-0.39, 0.29) is 28.5 Å². The average Bonchev–Trinajstić information content (AvgIpc) is 2.83. The monoisotopic (exact) mass is 318 g/mol. The molecule has 0 unspecified atom stereocenters. The number of nitrogens with one attached hydrogen (secondary N) is 1. The van der Waals surface area contributed by atoms with Gasteiger partial charge in [-0.1, -0.05) is 36.0 Å². The second kappa shape index (κ2) is 5.88. The first kappa shape index (κ1) is 14.7. The molecule has 3 nitrogen and oxygen atoms in total. The third-order valence-electron chi connectivity index (χ3n) is 3.45. The van der Waals surface area contributed by atoms with E-state index >= 15 is 0 Å². The molecule has 0 radical (unpaired) electrons. The fourth-order valence-electron chi connectivity index (χ4n) is 2.42. The van der Waals surface area contributed by atoms with Crippen molar-refractivity contribution in [2.45, 2.75) is 6.04 Å². The first-order valence-corrected chi connectivity index (χ1v) is 7.59. The Bertz CT molecular complexity index is 654. The van der Waals surface area contributed by atoms with E-state index < -0.39 is 6.04 Å². The Balaban J connectivity index is 2.09. The van der Waals surface area contributed by atoms with Gasteiger partial charge in [0.1, 0.15) is 11.6 Å². The highest BCUT2D eigenvalue weighted by Crippen LogP contribution is 2.34. The molecular weight excluding hydrogens is 306 g/mol. The summed E-state index contributed by atoms with van der Waals surface area (Å²) in [5.41, 5.74) is 1.35. The number of hydrogen-bond donors (Lipinski definition) is 1. The van der Waals surface area contributed by atoms with Crippen molar-refractivity contribution in [2.75, 3.05) is 5.75 Å². The SMILES string of the molecule is N=C1SCC(=O)N1C(c1ccc(F)cc1)c1ccc(F)cc1. The Morgan fingerprint density at radius 1 is 0.955 bits per heavy atom. The van der Waals surface area contributed by atoms with Crippen LogP contribution >= 0.6 is 11.8 Å². The van der Waals surface area contributed by atoms with Crippen LogP contribution < -0.4 is 0 Å². The van der Waals surface area contributed by atoms with Gasteiger partial charge in [0.2, 0.25) is 5.91 Å². The lowest BCUT2D eigenvalue weighted by atomic mass is 9.97. The first-order chi connectivity index (χ1) is 10.6. The van der Waals surface area contributed by atoms with Gasteiger partial charge in [-0.15, -0.1) is 0 Å². The number of amides is 1. The molecule has 1 N–H and O–H groups in total. The zero-order valence-electron chi connectivity index (χ0n) is 11.4. The van der Waals surface area contributed by atoms with Crippen LogP contribution in [-0.4, -0.2) is 21.7 Å². The van der Waals surface area contributed by atoms with E-state index in [0.29, 0.717) is 11.1 Å². The van der Waals surface area contributed by atoms with Gasteiger partial charge < -0.3 is 0 Å². The fourth-order valence-corrected chi connectivity index (χ4v) is 3.17. The van der Waals surface area contributed by atoms with Gasteiger partial charge in [-0.3, -0.25) is 15.1 Å². The van der Waals surface area contributed by atoms with E-state index in [4.69, 9.17) is 5.41 Å². The van der Waals surface area contributed by atoms with Crippen LogP contribution in [0, 0.1) is 17.0 Å². The molecule has 0 aliphatic carbocycles. The summed E-state index contributed by atoms with van der Waals surface area (Å²) in [7, 11) is 0. The summed E-state index contributed by atoms with van der Waals surface area (Å²) in [4.78, 5) is 13.5. The summed E-state index contributed by atoms with van der Waals surface area (Å²) in [6.07, 6.45) is 0. The lowest BCUT2D eigenvalue weighted by Crippen LogP contribution is -2.34. The molecule has 2 aromatic rings. The standard InChI is InChI=1S/C16H12F2N2OS/c17-12-5-1-10(2-6-12)15(11-3-7-13(18)8-4-11)20-14(21)9-22-16(20)19/h1-8,15,19H,9H2. The number of carbonyl (C=O) groups is 1.